The maximum Gasteiger partial charge on any atom is 0.417 e. The number of hydrogen-bond donors (Lipinski definition) is 1. The first-order chi connectivity index (χ1) is 9.38. The number of hydrogen-bond acceptors (Lipinski definition) is 5. The van der Waals surface area contributed by atoms with Crippen molar-refractivity contribution in [3.63, 3.8) is 0 Å². The van der Waals surface area contributed by atoms with E-state index in [1.54, 1.807) is 0 Å². The molecule has 0 radical (unpaired) electrons. The van der Waals surface area contributed by atoms with Crippen LogP contribution in [0.4, 0.5) is 13.2 Å². The molecule has 0 spiro atoms. The number of aromatic nitrogens is 2. The molecule has 0 aliphatic carbocycles. The molecule has 0 atom stereocenters. The Hall–Kier alpha value is -2.03. The number of nitrogens with zero attached hydrogens (tertiary/aromatic N) is 2. The van der Waals surface area contributed by atoms with E-state index in [1.165, 1.54) is 18.2 Å². The van der Waals surface area contributed by atoms with E-state index < -0.39 is 17.7 Å². The van der Waals surface area contributed by atoms with Crippen molar-refractivity contribution in [1.29, 1.82) is 0 Å². The van der Waals surface area contributed by atoms with Crippen LogP contribution in [0.15, 0.2) is 33.9 Å². The minimum atomic E-state index is -4.54. The van der Waals surface area contributed by atoms with E-state index in [2.05, 4.69) is 10.2 Å². The van der Waals surface area contributed by atoms with Crippen LogP contribution in [0.3, 0.4) is 0 Å². The molecule has 1 aromatic heterocycles. The van der Waals surface area contributed by atoms with Crippen molar-refractivity contribution in [2.24, 2.45) is 0 Å². The van der Waals surface area contributed by atoms with Gasteiger partial charge in [-0.2, -0.15) is 13.2 Å². The lowest BCUT2D eigenvalue weighted by Gasteiger charge is -2.09. The van der Waals surface area contributed by atoms with E-state index in [1.807, 2.05) is 0 Å². The molecule has 20 heavy (non-hydrogen) atoms. The van der Waals surface area contributed by atoms with Crippen molar-refractivity contribution in [3.05, 3.63) is 29.8 Å². The molecular formula is C11H7F3N2O3S. The normalized spacial score (nSPS) is 11.6. The average Bonchev–Trinajstić information content (AvgIpc) is 2.84. The zero-order valence-electron chi connectivity index (χ0n) is 9.72. The van der Waals surface area contributed by atoms with Crippen LogP contribution in [0, 0.1) is 0 Å². The zero-order valence-corrected chi connectivity index (χ0v) is 10.5. The van der Waals surface area contributed by atoms with Crippen molar-refractivity contribution in [2.75, 3.05) is 5.75 Å². The highest BCUT2D eigenvalue weighted by Crippen LogP contribution is 2.36. The predicted octanol–water partition coefficient (Wildman–Crippen LogP) is 2.93. The van der Waals surface area contributed by atoms with Gasteiger partial charge in [-0.25, -0.2) is 0 Å². The summed E-state index contributed by atoms with van der Waals surface area (Å²) in [5.41, 5.74) is -1.13. The van der Waals surface area contributed by atoms with E-state index in [9.17, 15) is 18.0 Å². The van der Waals surface area contributed by atoms with Crippen LogP contribution < -0.4 is 0 Å². The number of carboxylic acids is 1. The number of benzene rings is 1. The van der Waals surface area contributed by atoms with Crippen LogP contribution in [0.2, 0.25) is 0 Å². The van der Waals surface area contributed by atoms with Crippen LogP contribution in [-0.4, -0.2) is 27.0 Å². The second-order valence-corrected chi connectivity index (χ2v) is 4.53. The van der Waals surface area contributed by atoms with Gasteiger partial charge >= 0.3 is 12.1 Å². The van der Waals surface area contributed by atoms with Gasteiger partial charge in [-0.1, -0.05) is 23.9 Å². The van der Waals surface area contributed by atoms with Crippen molar-refractivity contribution >= 4 is 17.7 Å². The van der Waals surface area contributed by atoms with Crippen LogP contribution in [0.1, 0.15) is 5.56 Å². The minimum absolute atomic E-state index is 0.0978. The van der Waals surface area contributed by atoms with Gasteiger partial charge in [0.2, 0.25) is 5.89 Å². The van der Waals surface area contributed by atoms with E-state index >= 15 is 0 Å². The summed E-state index contributed by atoms with van der Waals surface area (Å²) in [6.45, 7) is 0. The first-order valence-corrected chi connectivity index (χ1v) is 6.21. The molecule has 0 aliphatic rings. The average molecular weight is 304 g/mol. The zero-order chi connectivity index (χ0) is 14.8. The number of carbonyl (C=O) groups is 1. The predicted molar refractivity (Wildman–Crippen MR) is 63.1 cm³/mol. The van der Waals surface area contributed by atoms with Gasteiger partial charge in [0.05, 0.1) is 11.1 Å². The molecule has 2 aromatic rings. The summed E-state index contributed by atoms with van der Waals surface area (Å²) in [5, 5.41) is 15.4. The van der Waals surface area contributed by atoms with Gasteiger partial charge in [0.15, 0.2) is 0 Å². The fraction of sp³-hybridized carbons (Fsp3) is 0.182. The minimum Gasteiger partial charge on any atom is -0.481 e. The molecule has 0 saturated carbocycles. The summed E-state index contributed by atoms with van der Waals surface area (Å²) < 4.78 is 43.5. The first kappa shape index (κ1) is 14.4. The molecule has 0 saturated heterocycles. The van der Waals surface area contributed by atoms with Crippen molar-refractivity contribution in [1.82, 2.24) is 10.2 Å². The molecule has 5 nitrogen and oxygen atoms in total. The smallest absolute Gasteiger partial charge is 0.417 e. The lowest BCUT2D eigenvalue weighted by Crippen LogP contribution is -2.06. The van der Waals surface area contributed by atoms with Gasteiger partial charge in [-0.3, -0.25) is 4.79 Å². The summed E-state index contributed by atoms with van der Waals surface area (Å²) in [6.07, 6.45) is -4.54. The third-order valence-electron chi connectivity index (χ3n) is 2.19. The molecule has 0 aliphatic heterocycles. The second kappa shape index (κ2) is 5.53. The lowest BCUT2D eigenvalue weighted by atomic mass is 10.1. The molecule has 106 valence electrons. The Balaban J connectivity index is 2.31. The molecule has 0 unspecified atom stereocenters. The number of aliphatic carboxylic acids is 1. The fourth-order valence-corrected chi connectivity index (χ4v) is 1.90. The van der Waals surface area contributed by atoms with E-state index in [0.29, 0.717) is 0 Å². The highest BCUT2D eigenvalue weighted by molar-refractivity contribution is 7.99. The summed E-state index contributed by atoms with van der Waals surface area (Å²) in [5.74, 6) is -1.71. The number of halogens is 3. The largest absolute Gasteiger partial charge is 0.481 e. The molecule has 9 heteroatoms. The van der Waals surface area contributed by atoms with Gasteiger partial charge in [0.25, 0.3) is 5.22 Å². The number of thioether (sulfide) groups is 1. The molecule has 0 amide bonds. The van der Waals surface area contributed by atoms with Gasteiger partial charge < -0.3 is 9.52 Å². The summed E-state index contributed by atoms with van der Waals surface area (Å²) in [4.78, 5) is 10.4. The Morgan fingerprint density at radius 1 is 1.30 bits per heavy atom. The summed E-state index contributed by atoms with van der Waals surface area (Å²) in [7, 11) is 0. The first-order valence-electron chi connectivity index (χ1n) is 5.22. The van der Waals surface area contributed by atoms with Crippen LogP contribution in [0.5, 0.6) is 0 Å². The van der Waals surface area contributed by atoms with E-state index in [-0.39, 0.29) is 22.4 Å². The molecular weight excluding hydrogens is 297 g/mol. The SMILES string of the molecule is O=C(O)CSc1nnc(-c2ccccc2C(F)(F)F)o1. The monoisotopic (exact) mass is 304 g/mol. The quantitative estimate of drug-likeness (QED) is 0.875. The van der Waals surface area contributed by atoms with Crippen LogP contribution in [-0.2, 0) is 11.0 Å². The number of carboxylic acid groups (broad SMARTS) is 1. The van der Waals surface area contributed by atoms with Gasteiger partial charge in [0, 0.05) is 0 Å². The van der Waals surface area contributed by atoms with Gasteiger partial charge in [-0.05, 0) is 12.1 Å². The van der Waals surface area contributed by atoms with Crippen LogP contribution in [0.25, 0.3) is 11.5 Å². The Kier molecular flexibility index (Phi) is 3.98. The lowest BCUT2D eigenvalue weighted by molar-refractivity contribution is -0.137. The van der Waals surface area contributed by atoms with Gasteiger partial charge in [0.1, 0.15) is 5.75 Å². The number of rotatable bonds is 4. The third-order valence-corrected chi connectivity index (χ3v) is 2.99. The third kappa shape index (κ3) is 3.29. The summed E-state index contributed by atoms with van der Waals surface area (Å²) in [6, 6.07) is 4.78. The maximum atomic E-state index is 12.8. The second-order valence-electron chi connectivity index (χ2n) is 3.60. The van der Waals surface area contributed by atoms with Crippen LogP contribution >= 0.6 is 11.8 Å². The molecule has 1 aromatic carbocycles. The molecule has 1 heterocycles. The van der Waals surface area contributed by atoms with E-state index in [4.69, 9.17) is 9.52 Å². The summed E-state index contributed by atoms with van der Waals surface area (Å²) >= 11 is 0.736. The Labute approximate surface area is 114 Å². The molecule has 2 rings (SSSR count). The van der Waals surface area contributed by atoms with Crippen molar-refractivity contribution in [3.8, 4) is 11.5 Å². The topological polar surface area (TPSA) is 76.2 Å². The Bertz CT molecular complexity index is 627. The fourth-order valence-electron chi connectivity index (χ4n) is 1.42. The molecule has 0 fully saturated rings. The van der Waals surface area contributed by atoms with E-state index in [0.717, 1.165) is 17.8 Å². The highest BCUT2D eigenvalue weighted by atomic mass is 32.2. The van der Waals surface area contributed by atoms with Crippen molar-refractivity contribution < 1.29 is 27.5 Å². The molecule has 1 N–H and O–H groups in total. The number of alkyl halides is 3. The van der Waals surface area contributed by atoms with Crippen molar-refractivity contribution in [2.45, 2.75) is 11.4 Å². The van der Waals surface area contributed by atoms with Gasteiger partial charge in [-0.15, -0.1) is 10.2 Å². The Morgan fingerprint density at radius 2 is 2.00 bits per heavy atom. The maximum absolute atomic E-state index is 12.8. The standard InChI is InChI=1S/C11H7F3N2O3S/c12-11(13,14)7-4-2-1-3-6(7)9-15-16-10(19-9)20-5-8(17)18/h1-4H,5H2,(H,17,18). The highest BCUT2D eigenvalue weighted by Gasteiger charge is 2.34. The Morgan fingerprint density at radius 3 is 2.65 bits per heavy atom. The molecule has 0 bridgehead atoms.